The van der Waals surface area contributed by atoms with E-state index < -0.39 is 28.1 Å². The summed E-state index contributed by atoms with van der Waals surface area (Å²) in [6.45, 7) is 4.95. The molecule has 0 amide bonds. The zero-order valence-corrected chi connectivity index (χ0v) is 18.2. The highest BCUT2D eigenvalue weighted by molar-refractivity contribution is 6.02. The van der Waals surface area contributed by atoms with Crippen molar-refractivity contribution < 1.29 is 33.3 Å². The highest BCUT2D eigenvalue weighted by Crippen LogP contribution is 2.70. The first-order chi connectivity index (χ1) is 14.8. The van der Waals surface area contributed by atoms with Crippen molar-refractivity contribution in [1.29, 1.82) is 0 Å². The van der Waals surface area contributed by atoms with Crippen LogP contribution in [-0.4, -0.2) is 49.4 Å². The first kappa shape index (κ1) is 20.2. The number of ketones is 2. The molecule has 2 spiro atoms. The summed E-state index contributed by atoms with van der Waals surface area (Å²) in [7, 11) is 0. The molecule has 6 aliphatic rings. The van der Waals surface area contributed by atoms with E-state index in [1.54, 1.807) is 6.08 Å². The Bertz CT molecular complexity index is 883. The zero-order valence-electron chi connectivity index (χ0n) is 18.2. The minimum absolute atomic E-state index is 0.106. The number of rotatable bonds is 1. The number of Topliss-reactive ketones (excluding diaryl/α,β-unsaturated/α-hetero) is 1. The number of aldehydes is 1. The van der Waals surface area contributed by atoms with Crippen LogP contribution in [0.25, 0.3) is 0 Å². The summed E-state index contributed by atoms with van der Waals surface area (Å²) in [6, 6.07) is 0. The standard InChI is InChI=1S/C24H30O7/c1-21-8-14(10-25)18(26)7-15(21)3-4-16-17-5-6-23(22(17,2)9-19(27)20(16)21)24(31-13-29-23)11-28-12-30-24/h7,10,14,16-17,20H,3-6,8-9,11-13H2,1-2H3/t14?,16?,17?,20?,21-,22-,23+,24?/m0/s1. The molecular weight excluding hydrogens is 400 g/mol. The van der Waals surface area contributed by atoms with Gasteiger partial charge in [0.1, 0.15) is 24.3 Å². The molecule has 0 N–H and O–H groups in total. The molecule has 168 valence electrons. The number of hydrogen-bond acceptors (Lipinski definition) is 7. The van der Waals surface area contributed by atoms with Gasteiger partial charge in [-0.2, -0.15) is 0 Å². The Balaban J connectivity index is 1.41. The topological polar surface area (TPSA) is 88.1 Å². The predicted molar refractivity (Wildman–Crippen MR) is 106 cm³/mol. The maximum atomic E-state index is 13.9. The molecule has 0 aromatic heterocycles. The van der Waals surface area contributed by atoms with Crippen LogP contribution in [0.5, 0.6) is 0 Å². The molecule has 2 saturated heterocycles. The number of allylic oxidation sites excluding steroid dienone is 1. The monoisotopic (exact) mass is 430 g/mol. The molecule has 2 aliphatic heterocycles. The summed E-state index contributed by atoms with van der Waals surface area (Å²) < 4.78 is 23.9. The number of carbonyl (C=O) groups is 3. The predicted octanol–water partition coefficient (Wildman–Crippen LogP) is 2.57. The molecule has 5 fully saturated rings. The smallest absolute Gasteiger partial charge is 0.226 e. The van der Waals surface area contributed by atoms with Crippen molar-refractivity contribution >= 4 is 17.9 Å². The van der Waals surface area contributed by atoms with E-state index >= 15 is 0 Å². The third kappa shape index (κ3) is 2.26. The van der Waals surface area contributed by atoms with Crippen molar-refractivity contribution in [2.24, 2.45) is 34.5 Å². The van der Waals surface area contributed by atoms with E-state index in [-0.39, 0.29) is 37.0 Å². The summed E-state index contributed by atoms with van der Waals surface area (Å²) >= 11 is 0. The van der Waals surface area contributed by atoms with Crippen molar-refractivity contribution in [2.45, 2.75) is 63.8 Å². The van der Waals surface area contributed by atoms with Gasteiger partial charge in [0, 0.05) is 17.8 Å². The van der Waals surface area contributed by atoms with Gasteiger partial charge >= 0.3 is 0 Å². The Morgan fingerprint density at radius 3 is 2.65 bits per heavy atom. The van der Waals surface area contributed by atoms with Gasteiger partial charge in [-0.05, 0) is 55.4 Å². The Morgan fingerprint density at radius 1 is 1.10 bits per heavy atom. The van der Waals surface area contributed by atoms with E-state index in [2.05, 4.69) is 13.8 Å². The second-order valence-corrected chi connectivity index (χ2v) is 10.9. The second-order valence-electron chi connectivity index (χ2n) is 10.9. The molecule has 3 saturated carbocycles. The van der Waals surface area contributed by atoms with Crippen LogP contribution in [0.3, 0.4) is 0 Å². The van der Waals surface area contributed by atoms with Crippen LogP contribution in [0.1, 0.15) is 52.4 Å². The highest BCUT2D eigenvalue weighted by Gasteiger charge is 2.77. The average Bonchev–Trinajstić information content (AvgIpc) is 3.42. The molecule has 0 bridgehead atoms. The maximum Gasteiger partial charge on any atom is 0.226 e. The lowest BCUT2D eigenvalue weighted by Gasteiger charge is -2.59. The van der Waals surface area contributed by atoms with Gasteiger partial charge in [0.25, 0.3) is 0 Å². The Kier molecular flexibility index (Phi) is 4.13. The van der Waals surface area contributed by atoms with Crippen LogP contribution in [0.2, 0.25) is 0 Å². The van der Waals surface area contributed by atoms with Gasteiger partial charge in [-0.15, -0.1) is 0 Å². The molecule has 7 nitrogen and oxygen atoms in total. The highest BCUT2D eigenvalue weighted by atomic mass is 16.9. The summed E-state index contributed by atoms with van der Waals surface area (Å²) in [6.07, 6.45) is 6.70. The zero-order chi connectivity index (χ0) is 21.6. The molecule has 2 heterocycles. The summed E-state index contributed by atoms with van der Waals surface area (Å²) in [4.78, 5) is 37.8. The minimum atomic E-state index is -0.937. The van der Waals surface area contributed by atoms with Crippen LogP contribution in [-0.2, 0) is 33.3 Å². The molecule has 7 heteroatoms. The van der Waals surface area contributed by atoms with Gasteiger partial charge in [-0.1, -0.05) is 19.4 Å². The minimum Gasteiger partial charge on any atom is -0.350 e. The fourth-order valence-electron chi connectivity index (χ4n) is 8.60. The van der Waals surface area contributed by atoms with Crippen LogP contribution < -0.4 is 0 Å². The molecule has 0 aromatic rings. The van der Waals surface area contributed by atoms with E-state index in [1.165, 1.54) is 0 Å². The van der Waals surface area contributed by atoms with Gasteiger partial charge in [0.05, 0.1) is 5.92 Å². The van der Waals surface area contributed by atoms with E-state index in [4.69, 9.17) is 18.9 Å². The van der Waals surface area contributed by atoms with Gasteiger partial charge in [0.2, 0.25) is 5.79 Å². The lowest BCUT2D eigenvalue weighted by atomic mass is 9.45. The molecule has 5 unspecified atom stereocenters. The van der Waals surface area contributed by atoms with Gasteiger partial charge in [-0.3, -0.25) is 9.59 Å². The van der Waals surface area contributed by atoms with E-state index in [0.29, 0.717) is 25.4 Å². The first-order valence-electron chi connectivity index (χ1n) is 11.5. The maximum absolute atomic E-state index is 13.9. The van der Waals surface area contributed by atoms with Gasteiger partial charge in [-0.25, -0.2) is 0 Å². The van der Waals surface area contributed by atoms with Crippen LogP contribution in [0, 0.1) is 34.5 Å². The summed E-state index contributed by atoms with van der Waals surface area (Å²) in [5.41, 5.74) is -0.450. The molecule has 0 radical (unpaired) electrons. The molecule has 8 atom stereocenters. The average molecular weight is 430 g/mol. The molecule has 31 heavy (non-hydrogen) atoms. The van der Waals surface area contributed by atoms with Crippen molar-refractivity contribution in [3.8, 4) is 0 Å². The van der Waals surface area contributed by atoms with Crippen LogP contribution in [0.15, 0.2) is 11.6 Å². The Hall–Kier alpha value is -1.41. The first-order valence-corrected chi connectivity index (χ1v) is 11.5. The molecule has 6 rings (SSSR count). The van der Waals surface area contributed by atoms with E-state index in [0.717, 1.165) is 37.5 Å². The van der Waals surface area contributed by atoms with Crippen molar-refractivity contribution in [3.63, 3.8) is 0 Å². The third-order valence-electron chi connectivity index (χ3n) is 9.92. The largest absolute Gasteiger partial charge is 0.350 e. The van der Waals surface area contributed by atoms with Crippen molar-refractivity contribution in [3.05, 3.63) is 11.6 Å². The quantitative estimate of drug-likeness (QED) is 0.467. The number of ether oxygens (including phenoxy) is 4. The Labute approximate surface area is 181 Å². The van der Waals surface area contributed by atoms with Crippen molar-refractivity contribution in [1.82, 2.24) is 0 Å². The Morgan fingerprint density at radius 2 is 1.90 bits per heavy atom. The normalized spacial score (nSPS) is 53.4. The fraction of sp³-hybridized carbons (Fsp3) is 0.792. The van der Waals surface area contributed by atoms with Crippen LogP contribution in [0.4, 0.5) is 0 Å². The SMILES string of the molecule is C[C@]12CC(C=O)C(=O)C=C1CCC1C2C(=O)C[C@@]2(C)C1CC[C@@]21OCOC12COCO2. The van der Waals surface area contributed by atoms with Crippen molar-refractivity contribution in [2.75, 3.05) is 20.2 Å². The number of fused-ring (bicyclic) bond motifs is 7. The summed E-state index contributed by atoms with van der Waals surface area (Å²) in [5, 5.41) is 0. The lowest BCUT2D eigenvalue weighted by molar-refractivity contribution is -0.246. The molecule has 0 aromatic carbocycles. The van der Waals surface area contributed by atoms with Gasteiger partial charge < -0.3 is 23.7 Å². The van der Waals surface area contributed by atoms with Gasteiger partial charge in [0.15, 0.2) is 19.4 Å². The third-order valence-corrected chi connectivity index (χ3v) is 9.92. The second kappa shape index (κ2) is 6.34. The summed E-state index contributed by atoms with van der Waals surface area (Å²) in [5.74, 6) is -1.11. The molecule has 4 aliphatic carbocycles. The number of hydrogen-bond donors (Lipinski definition) is 0. The lowest BCUT2D eigenvalue weighted by Crippen LogP contribution is -2.65. The molecular formula is C24H30O7. The van der Waals surface area contributed by atoms with Crippen LogP contribution >= 0.6 is 0 Å². The van der Waals surface area contributed by atoms with E-state index in [1.807, 2.05) is 0 Å². The number of carbonyl (C=O) groups excluding carboxylic acids is 3. The fourth-order valence-corrected chi connectivity index (χ4v) is 8.60. The van der Waals surface area contributed by atoms with E-state index in [9.17, 15) is 14.4 Å².